The second-order valence-corrected chi connectivity index (χ2v) is 6.90. The van der Waals surface area contributed by atoms with E-state index in [2.05, 4.69) is 17.3 Å². The van der Waals surface area contributed by atoms with Gasteiger partial charge in [-0.15, -0.1) is 0 Å². The van der Waals surface area contributed by atoms with E-state index in [-0.39, 0.29) is 30.6 Å². The highest BCUT2D eigenvalue weighted by atomic mass is 16.5. The van der Waals surface area contributed by atoms with E-state index in [1.807, 2.05) is 11.6 Å². The average Bonchev–Trinajstić information content (AvgIpc) is 3.44. The summed E-state index contributed by atoms with van der Waals surface area (Å²) in [6.07, 6.45) is 4.52. The van der Waals surface area contributed by atoms with Crippen molar-refractivity contribution in [2.45, 2.75) is 45.6 Å². The smallest absolute Gasteiger partial charge is 0.225 e. The number of benzene rings is 1. The summed E-state index contributed by atoms with van der Waals surface area (Å²) in [4.78, 5) is 24.6. The molecule has 138 valence electrons. The number of ketones is 1. The Morgan fingerprint density at radius 3 is 2.58 bits per heavy atom. The number of anilines is 1. The predicted octanol–water partition coefficient (Wildman–Crippen LogP) is 3.77. The number of amides is 1. The number of nitrogens with one attached hydrogen (secondary N) is 1. The Kier molecular flexibility index (Phi) is 5.40. The van der Waals surface area contributed by atoms with Crippen LogP contribution in [0.25, 0.3) is 0 Å². The molecule has 3 rings (SSSR count). The van der Waals surface area contributed by atoms with Crippen LogP contribution in [0, 0.1) is 12.8 Å². The molecule has 0 spiro atoms. The number of ether oxygens (including phenoxy) is 1. The van der Waals surface area contributed by atoms with Crippen LogP contribution in [-0.2, 0) is 4.79 Å². The van der Waals surface area contributed by atoms with E-state index in [4.69, 9.17) is 4.74 Å². The van der Waals surface area contributed by atoms with Gasteiger partial charge in [-0.05, 0) is 56.9 Å². The van der Waals surface area contributed by atoms with E-state index in [0.717, 1.165) is 11.4 Å². The lowest BCUT2D eigenvalue weighted by molar-refractivity contribution is -0.116. The van der Waals surface area contributed by atoms with E-state index in [1.165, 1.54) is 12.8 Å². The van der Waals surface area contributed by atoms with Crippen molar-refractivity contribution in [3.63, 3.8) is 0 Å². The lowest BCUT2D eigenvalue weighted by Gasteiger charge is -2.16. The quantitative estimate of drug-likeness (QED) is 0.732. The topological polar surface area (TPSA) is 73.2 Å². The zero-order chi connectivity index (χ0) is 18.7. The first kappa shape index (κ1) is 18.2. The van der Waals surface area contributed by atoms with Crippen molar-refractivity contribution < 1.29 is 14.3 Å². The van der Waals surface area contributed by atoms with E-state index < -0.39 is 0 Å². The van der Waals surface area contributed by atoms with Crippen molar-refractivity contribution in [2.24, 2.45) is 5.92 Å². The first-order valence-electron chi connectivity index (χ1n) is 9.00. The van der Waals surface area contributed by atoms with Crippen LogP contribution < -0.4 is 10.1 Å². The number of aryl methyl sites for hydroxylation is 1. The Hall–Kier alpha value is -2.63. The lowest BCUT2D eigenvalue weighted by atomic mass is 10.1. The third kappa shape index (κ3) is 4.12. The monoisotopic (exact) mass is 355 g/mol. The maximum absolute atomic E-state index is 12.3. The van der Waals surface area contributed by atoms with Gasteiger partial charge in [-0.25, -0.2) is 4.68 Å². The maximum Gasteiger partial charge on any atom is 0.225 e. The van der Waals surface area contributed by atoms with Gasteiger partial charge in [0.1, 0.15) is 11.6 Å². The summed E-state index contributed by atoms with van der Waals surface area (Å²) in [7, 11) is 1.58. The Balaban J connectivity index is 1.57. The third-order valence-corrected chi connectivity index (χ3v) is 4.92. The molecule has 1 aliphatic carbocycles. The van der Waals surface area contributed by atoms with E-state index >= 15 is 0 Å². The van der Waals surface area contributed by atoms with Crippen molar-refractivity contribution in [1.82, 2.24) is 9.78 Å². The molecule has 0 bridgehead atoms. The van der Waals surface area contributed by atoms with Crippen LogP contribution in [0.5, 0.6) is 5.75 Å². The number of hydrogen-bond acceptors (Lipinski definition) is 4. The molecule has 1 N–H and O–H groups in total. The van der Waals surface area contributed by atoms with Crippen molar-refractivity contribution in [3.05, 3.63) is 41.6 Å². The summed E-state index contributed by atoms with van der Waals surface area (Å²) in [6.45, 7) is 4.06. The molecule has 6 heteroatoms. The molecule has 1 amide bonds. The minimum atomic E-state index is -0.167. The normalized spacial score (nSPS) is 14.7. The Labute approximate surface area is 153 Å². The SMILES string of the molecule is COc1ccc(C(=O)CCC(=O)Nc2c(C)cnn2[C@H](C)C2CC2)cc1. The predicted molar refractivity (Wildman–Crippen MR) is 99.6 cm³/mol. The molecule has 6 nitrogen and oxygen atoms in total. The van der Waals surface area contributed by atoms with Crippen LogP contribution in [0.3, 0.4) is 0 Å². The minimum Gasteiger partial charge on any atom is -0.497 e. The van der Waals surface area contributed by atoms with Gasteiger partial charge in [-0.2, -0.15) is 5.10 Å². The highest BCUT2D eigenvalue weighted by Gasteiger charge is 2.31. The number of Topliss-reactive ketones (excluding diaryl/α,β-unsaturated/α-hetero) is 1. The van der Waals surface area contributed by atoms with Crippen LogP contribution in [0.1, 0.15) is 54.6 Å². The van der Waals surface area contributed by atoms with Crippen molar-refractivity contribution in [1.29, 1.82) is 0 Å². The Morgan fingerprint density at radius 1 is 1.27 bits per heavy atom. The molecule has 1 aromatic heterocycles. The van der Waals surface area contributed by atoms with Crippen molar-refractivity contribution in [2.75, 3.05) is 12.4 Å². The van der Waals surface area contributed by atoms with Gasteiger partial charge >= 0.3 is 0 Å². The fourth-order valence-corrected chi connectivity index (χ4v) is 3.03. The summed E-state index contributed by atoms with van der Waals surface area (Å²) in [5, 5.41) is 7.35. The largest absolute Gasteiger partial charge is 0.497 e. The minimum absolute atomic E-state index is 0.0561. The Bertz CT molecular complexity index is 791. The van der Waals surface area contributed by atoms with Crippen LogP contribution in [0.15, 0.2) is 30.5 Å². The first-order chi connectivity index (χ1) is 12.5. The molecule has 2 aromatic rings. The summed E-state index contributed by atoms with van der Waals surface area (Å²) in [6, 6.07) is 7.20. The summed E-state index contributed by atoms with van der Waals surface area (Å²) in [5.74, 6) is 1.86. The molecule has 0 aliphatic heterocycles. The molecule has 1 aromatic carbocycles. The second kappa shape index (κ2) is 7.72. The summed E-state index contributed by atoms with van der Waals surface area (Å²) in [5.41, 5.74) is 1.52. The third-order valence-electron chi connectivity index (χ3n) is 4.92. The Morgan fingerprint density at radius 2 is 1.96 bits per heavy atom. The molecule has 1 heterocycles. The molecule has 1 atom stereocenters. The number of methoxy groups -OCH3 is 1. The number of carbonyl (C=O) groups excluding carboxylic acids is 2. The number of aromatic nitrogens is 2. The fourth-order valence-electron chi connectivity index (χ4n) is 3.03. The van der Waals surface area contributed by atoms with Crippen molar-refractivity contribution >= 4 is 17.5 Å². The van der Waals surface area contributed by atoms with Gasteiger partial charge in [0.15, 0.2) is 5.78 Å². The summed E-state index contributed by atoms with van der Waals surface area (Å²) >= 11 is 0. The highest BCUT2D eigenvalue weighted by molar-refractivity contribution is 6.00. The zero-order valence-electron chi connectivity index (χ0n) is 15.5. The van der Waals surface area contributed by atoms with Gasteiger partial charge in [0.05, 0.1) is 19.3 Å². The standard InChI is InChI=1S/C20H25N3O3/c1-13-12-21-23(14(2)15-4-5-15)20(13)22-19(25)11-10-18(24)16-6-8-17(26-3)9-7-16/h6-9,12,14-15H,4-5,10-11H2,1-3H3,(H,22,25)/t14-/m1/s1. The van der Waals surface area contributed by atoms with Gasteiger partial charge in [-0.1, -0.05) is 0 Å². The lowest BCUT2D eigenvalue weighted by Crippen LogP contribution is -2.19. The van der Waals surface area contributed by atoms with Crippen molar-refractivity contribution in [3.8, 4) is 5.75 Å². The molecule has 1 saturated carbocycles. The zero-order valence-corrected chi connectivity index (χ0v) is 15.5. The number of nitrogens with zero attached hydrogens (tertiary/aromatic N) is 2. The maximum atomic E-state index is 12.3. The molecule has 1 fully saturated rings. The fraction of sp³-hybridized carbons (Fsp3) is 0.450. The highest BCUT2D eigenvalue weighted by Crippen LogP contribution is 2.40. The van der Waals surface area contributed by atoms with E-state index in [0.29, 0.717) is 17.2 Å². The summed E-state index contributed by atoms with van der Waals surface area (Å²) < 4.78 is 6.98. The van der Waals surface area contributed by atoms with Gasteiger partial charge < -0.3 is 10.1 Å². The molecule has 26 heavy (non-hydrogen) atoms. The van der Waals surface area contributed by atoms with Gasteiger partial charge in [-0.3, -0.25) is 9.59 Å². The van der Waals surface area contributed by atoms with Crippen LogP contribution in [-0.4, -0.2) is 28.6 Å². The molecule has 0 unspecified atom stereocenters. The van der Waals surface area contributed by atoms with Gasteiger partial charge in [0, 0.05) is 24.0 Å². The van der Waals surface area contributed by atoms with E-state index in [9.17, 15) is 9.59 Å². The molecular weight excluding hydrogens is 330 g/mol. The molecule has 1 aliphatic rings. The molecular formula is C20H25N3O3. The average molecular weight is 355 g/mol. The van der Waals surface area contributed by atoms with Crippen LogP contribution >= 0.6 is 0 Å². The number of carbonyl (C=O) groups is 2. The van der Waals surface area contributed by atoms with Gasteiger partial charge in [0.2, 0.25) is 5.91 Å². The number of hydrogen-bond donors (Lipinski definition) is 1. The first-order valence-corrected chi connectivity index (χ1v) is 9.00. The molecule has 0 radical (unpaired) electrons. The second-order valence-electron chi connectivity index (χ2n) is 6.90. The number of rotatable bonds is 8. The van der Waals surface area contributed by atoms with Crippen LogP contribution in [0.4, 0.5) is 5.82 Å². The van der Waals surface area contributed by atoms with E-state index in [1.54, 1.807) is 37.6 Å². The van der Waals surface area contributed by atoms with Gasteiger partial charge in [0.25, 0.3) is 0 Å². The van der Waals surface area contributed by atoms with Crippen LogP contribution in [0.2, 0.25) is 0 Å². The molecule has 0 saturated heterocycles.